The van der Waals surface area contributed by atoms with Crippen LogP contribution in [0.15, 0.2) is 24.3 Å². The van der Waals surface area contributed by atoms with Gasteiger partial charge in [0.1, 0.15) is 11.8 Å². The number of benzene rings is 1. The largest absolute Gasteiger partial charge is 0.495 e. The summed E-state index contributed by atoms with van der Waals surface area (Å²) in [5.41, 5.74) is 0.763. The molecule has 1 unspecified atom stereocenters. The number of methoxy groups -OCH3 is 1. The quantitative estimate of drug-likeness (QED) is 0.866. The molecule has 124 valence electrons. The number of anilines is 1. The lowest BCUT2D eigenvalue weighted by Gasteiger charge is -2.24. The lowest BCUT2D eigenvalue weighted by Crippen LogP contribution is -2.46. The van der Waals surface area contributed by atoms with Crippen molar-refractivity contribution in [1.29, 1.82) is 0 Å². The van der Waals surface area contributed by atoms with Crippen LogP contribution < -0.4 is 20.3 Å². The predicted molar refractivity (Wildman–Crippen MR) is 87.5 cm³/mol. The maximum atomic E-state index is 12.6. The van der Waals surface area contributed by atoms with Crippen LogP contribution in [0, 0.1) is 5.92 Å². The summed E-state index contributed by atoms with van der Waals surface area (Å²) in [6.07, 6.45) is 2.31. The highest BCUT2D eigenvalue weighted by Crippen LogP contribution is 2.31. The van der Waals surface area contributed by atoms with Gasteiger partial charge in [-0.1, -0.05) is 12.1 Å². The van der Waals surface area contributed by atoms with E-state index in [1.165, 1.54) is 0 Å². The smallest absolute Gasteiger partial charge is 0.249 e. The number of nitrogens with one attached hydrogen (secondary N) is 2. The molecule has 0 aromatic heterocycles. The summed E-state index contributed by atoms with van der Waals surface area (Å²) in [7, 11) is 1.59. The van der Waals surface area contributed by atoms with E-state index in [1.807, 2.05) is 24.3 Å². The van der Waals surface area contributed by atoms with Crippen LogP contribution in [0.25, 0.3) is 0 Å². The van der Waals surface area contributed by atoms with Crippen LogP contribution in [0.1, 0.15) is 19.3 Å². The molecule has 0 bridgehead atoms. The first-order valence-corrected chi connectivity index (χ1v) is 8.16. The van der Waals surface area contributed by atoms with Gasteiger partial charge in [0.2, 0.25) is 11.8 Å². The van der Waals surface area contributed by atoms with Gasteiger partial charge in [0, 0.05) is 12.5 Å². The monoisotopic (exact) mass is 317 g/mol. The van der Waals surface area contributed by atoms with Gasteiger partial charge in [-0.3, -0.25) is 9.59 Å². The Morgan fingerprint density at radius 2 is 2.00 bits per heavy atom. The van der Waals surface area contributed by atoms with Gasteiger partial charge in [-0.15, -0.1) is 0 Å². The molecule has 0 aliphatic carbocycles. The third-order valence-corrected chi connectivity index (χ3v) is 4.61. The highest BCUT2D eigenvalue weighted by atomic mass is 16.5. The molecule has 2 fully saturated rings. The number of hydrogen-bond donors (Lipinski definition) is 2. The maximum absolute atomic E-state index is 12.6. The second kappa shape index (κ2) is 7.00. The zero-order valence-corrected chi connectivity index (χ0v) is 13.4. The van der Waals surface area contributed by atoms with Crippen molar-refractivity contribution in [3.05, 3.63) is 24.3 Å². The SMILES string of the molecule is COc1ccccc1N1CCC(NC(=O)C2CCNCC2)C1=O. The molecule has 0 saturated carbocycles. The Kier molecular flexibility index (Phi) is 4.81. The van der Waals surface area contributed by atoms with Gasteiger partial charge < -0.3 is 20.3 Å². The highest BCUT2D eigenvalue weighted by molar-refractivity contribution is 6.02. The molecule has 1 atom stereocenters. The van der Waals surface area contributed by atoms with Crippen LogP contribution in [0.5, 0.6) is 5.75 Å². The third-order valence-electron chi connectivity index (χ3n) is 4.61. The molecular weight excluding hydrogens is 294 g/mol. The van der Waals surface area contributed by atoms with Crippen molar-refractivity contribution < 1.29 is 14.3 Å². The van der Waals surface area contributed by atoms with E-state index >= 15 is 0 Å². The van der Waals surface area contributed by atoms with Gasteiger partial charge in [0.05, 0.1) is 12.8 Å². The van der Waals surface area contributed by atoms with Gasteiger partial charge >= 0.3 is 0 Å². The van der Waals surface area contributed by atoms with Crippen LogP contribution in [0.4, 0.5) is 5.69 Å². The molecule has 23 heavy (non-hydrogen) atoms. The van der Waals surface area contributed by atoms with Crippen molar-refractivity contribution in [1.82, 2.24) is 10.6 Å². The molecule has 0 spiro atoms. The van der Waals surface area contributed by atoms with Crippen molar-refractivity contribution in [2.45, 2.75) is 25.3 Å². The Labute approximate surface area is 136 Å². The Hall–Kier alpha value is -2.08. The van der Waals surface area contributed by atoms with Gasteiger partial charge in [-0.25, -0.2) is 0 Å². The van der Waals surface area contributed by atoms with Gasteiger partial charge in [-0.2, -0.15) is 0 Å². The second-order valence-corrected chi connectivity index (χ2v) is 6.04. The minimum absolute atomic E-state index is 0.00623. The molecular formula is C17H23N3O3. The summed E-state index contributed by atoms with van der Waals surface area (Å²) >= 11 is 0. The molecule has 2 aliphatic heterocycles. The number of rotatable bonds is 4. The fourth-order valence-corrected chi connectivity index (χ4v) is 3.28. The normalized spacial score (nSPS) is 22.2. The van der Waals surface area contributed by atoms with Crippen molar-refractivity contribution in [3.63, 3.8) is 0 Å². The molecule has 3 rings (SSSR count). The van der Waals surface area contributed by atoms with Crippen molar-refractivity contribution in [3.8, 4) is 5.75 Å². The standard InChI is InChI=1S/C17H23N3O3/c1-23-15-5-3-2-4-14(15)20-11-8-13(17(20)22)19-16(21)12-6-9-18-10-7-12/h2-5,12-13,18H,6-11H2,1H3,(H,19,21). The summed E-state index contributed by atoms with van der Waals surface area (Å²) in [6, 6.07) is 7.03. The van der Waals surface area contributed by atoms with Crippen LogP contribution in [-0.4, -0.2) is 44.6 Å². The first-order chi connectivity index (χ1) is 11.2. The topological polar surface area (TPSA) is 70.7 Å². The molecule has 1 aromatic carbocycles. The van der Waals surface area contributed by atoms with Crippen LogP contribution in [-0.2, 0) is 9.59 Å². The van der Waals surface area contributed by atoms with E-state index in [1.54, 1.807) is 12.0 Å². The van der Waals surface area contributed by atoms with Crippen LogP contribution in [0.3, 0.4) is 0 Å². The second-order valence-electron chi connectivity index (χ2n) is 6.04. The number of ether oxygens (including phenoxy) is 1. The van der Waals surface area contributed by atoms with Crippen LogP contribution in [0.2, 0.25) is 0 Å². The third kappa shape index (κ3) is 3.32. The number of carbonyl (C=O) groups excluding carboxylic acids is 2. The fraction of sp³-hybridized carbons (Fsp3) is 0.529. The zero-order valence-electron chi connectivity index (χ0n) is 13.4. The lowest BCUT2D eigenvalue weighted by molar-refractivity contribution is -0.129. The Balaban J connectivity index is 1.65. The molecule has 2 saturated heterocycles. The number of hydrogen-bond acceptors (Lipinski definition) is 4. The average Bonchev–Trinajstić information content (AvgIpc) is 2.96. The van der Waals surface area contributed by atoms with Crippen molar-refractivity contribution in [2.24, 2.45) is 5.92 Å². The van der Waals surface area contributed by atoms with E-state index in [0.717, 1.165) is 31.6 Å². The summed E-state index contributed by atoms with van der Waals surface area (Å²) in [4.78, 5) is 26.7. The lowest BCUT2D eigenvalue weighted by atomic mass is 9.97. The molecule has 6 heteroatoms. The summed E-state index contributed by atoms with van der Waals surface area (Å²) in [6.45, 7) is 2.32. The number of carbonyl (C=O) groups is 2. The molecule has 2 amide bonds. The fourth-order valence-electron chi connectivity index (χ4n) is 3.28. The molecule has 2 N–H and O–H groups in total. The Morgan fingerprint density at radius 1 is 1.26 bits per heavy atom. The molecule has 1 aromatic rings. The average molecular weight is 317 g/mol. The van der Waals surface area contributed by atoms with Gasteiger partial charge in [0.15, 0.2) is 0 Å². The Morgan fingerprint density at radius 3 is 2.74 bits per heavy atom. The van der Waals surface area contributed by atoms with E-state index < -0.39 is 6.04 Å². The highest BCUT2D eigenvalue weighted by Gasteiger charge is 2.36. The summed E-state index contributed by atoms with van der Waals surface area (Å²) in [5, 5.41) is 6.18. The van der Waals surface area contributed by atoms with Crippen molar-refractivity contribution in [2.75, 3.05) is 31.6 Å². The van der Waals surface area contributed by atoms with E-state index in [9.17, 15) is 9.59 Å². The van der Waals surface area contributed by atoms with E-state index in [2.05, 4.69) is 10.6 Å². The van der Waals surface area contributed by atoms with E-state index in [-0.39, 0.29) is 17.7 Å². The Bertz CT molecular complexity index is 584. The van der Waals surface area contributed by atoms with E-state index in [4.69, 9.17) is 4.74 Å². The summed E-state index contributed by atoms with van der Waals surface area (Å²) < 4.78 is 5.33. The molecule has 6 nitrogen and oxygen atoms in total. The number of amides is 2. The maximum Gasteiger partial charge on any atom is 0.249 e. The summed E-state index contributed by atoms with van der Waals surface area (Å²) in [5.74, 6) is 0.638. The predicted octanol–water partition coefficient (Wildman–Crippen LogP) is 0.916. The molecule has 2 aliphatic rings. The minimum atomic E-state index is -0.428. The van der Waals surface area contributed by atoms with Crippen LogP contribution >= 0.6 is 0 Å². The zero-order chi connectivity index (χ0) is 16.2. The van der Waals surface area contributed by atoms with Gasteiger partial charge in [-0.05, 0) is 44.5 Å². The first-order valence-electron chi connectivity index (χ1n) is 8.16. The van der Waals surface area contributed by atoms with E-state index in [0.29, 0.717) is 18.7 Å². The number of nitrogens with zero attached hydrogens (tertiary/aromatic N) is 1. The molecule has 2 heterocycles. The first kappa shape index (κ1) is 15.8. The number of para-hydroxylation sites is 2. The van der Waals surface area contributed by atoms with Gasteiger partial charge in [0.25, 0.3) is 0 Å². The van der Waals surface area contributed by atoms with Crippen molar-refractivity contribution >= 4 is 17.5 Å². The minimum Gasteiger partial charge on any atom is -0.495 e. The molecule has 0 radical (unpaired) electrons. The number of piperidine rings is 1.